The highest BCUT2D eigenvalue weighted by Gasteiger charge is 2.24. The summed E-state index contributed by atoms with van der Waals surface area (Å²) in [5, 5.41) is 17.1. The summed E-state index contributed by atoms with van der Waals surface area (Å²) in [5.41, 5.74) is 0. The zero-order valence-corrected chi connectivity index (χ0v) is 19.0. The van der Waals surface area contributed by atoms with Gasteiger partial charge in [0.25, 0.3) is 0 Å². The van der Waals surface area contributed by atoms with Gasteiger partial charge in [-0.15, -0.1) is 10.2 Å². The minimum absolute atomic E-state index is 0.0435. The van der Waals surface area contributed by atoms with Crippen molar-refractivity contribution < 1.29 is 9.21 Å². The summed E-state index contributed by atoms with van der Waals surface area (Å²) in [6, 6.07) is 6.18. The number of anilines is 1. The number of hydrogen-bond acceptors (Lipinski definition) is 7. The highest BCUT2D eigenvalue weighted by molar-refractivity contribution is 7.99. The number of carbonyl (C=O) groups is 1. The molecule has 9 nitrogen and oxygen atoms in total. The smallest absolute Gasteiger partial charge is 0.225 e. The third-order valence-electron chi connectivity index (χ3n) is 5.31. The summed E-state index contributed by atoms with van der Waals surface area (Å²) in [6.07, 6.45) is 5.92. The molecule has 3 aromatic heterocycles. The van der Waals surface area contributed by atoms with Crippen LogP contribution in [0.2, 0.25) is 0 Å². The van der Waals surface area contributed by atoms with Crippen molar-refractivity contribution in [2.75, 3.05) is 18.4 Å². The van der Waals surface area contributed by atoms with Crippen LogP contribution >= 0.6 is 11.8 Å². The number of amides is 1. The van der Waals surface area contributed by atoms with Gasteiger partial charge in [-0.25, -0.2) is 4.68 Å². The molecule has 4 rings (SSSR count). The predicted molar refractivity (Wildman–Crippen MR) is 118 cm³/mol. The fourth-order valence-electron chi connectivity index (χ4n) is 3.76. The van der Waals surface area contributed by atoms with Crippen molar-refractivity contribution in [3.05, 3.63) is 36.5 Å². The van der Waals surface area contributed by atoms with Gasteiger partial charge in [0.05, 0.1) is 18.8 Å². The van der Waals surface area contributed by atoms with E-state index in [9.17, 15) is 4.79 Å². The highest BCUT2D eigenvalue weighted by atomic mass is 32.2. The van der Waals surface area contributed by atoms with Crippen LogP contribution in [-0.4, -0.2) is 48.4 Å². The van der Waals surface area contributed by atoms with E-state index in [1.165, 1.54) is 11.8 Å². The second kappa shape index (κ2) is 9.69. The lowest BCUT2D eigenvalue weighted by Crippen LogP contribution is -2.34. The molecule has 1 amide bonds. The van der Waals surface area contributed by atoms with Gasteiger partial charge in [0.1, 0.15) is 17.9 Å². The van der Waals surface area contributed by atoms with Crippen LogP contribution < -0.4 is 5.32 Å². The van der Waals surface area contributed by atoms with Crippen LogP contribution in [0.1, 0.15) is 44.9 Å². The van der Waals surface area contributed by atoms with Crippen LogP contribution in [0.4, 0.5) is 5.82 Å². The van der Waals surface area contributed by atoms with Crippen LogP contribution in [0.25, 0.3) is 0 Å². The number of likely N-dealkylation sites (tertiary alicyclic amines) is 1. The van der Waals surface area contributed by atoms with E-state index < -0.39 is 0 Å². The second-order valence-electron chi connectivity index (χ2n) is 8.36. The number of nitrogens with zero attached hydrogens (tertiary/aromatic N) is 6. The standard InChI is InChI=1S/C21H29N7O2S/c1-15(2)12-19(29)24-18-6-9-23-28(18)16-7-10-27(11-8-16)13-17-4-5-20(30-17)31-21-25-22-14-26(21)3/h4-6,9,14-16H,7-8,10-13H2,1-3H3,(H,24,29). The molecular weight excluding hydrogens is 414 g/mol. The summed E-state index contributed by atoms with van der Waals surface area (Å²) in [7, 11) is 1.91. The molecule has 1 aliphatic rings. The van der Waals surface area contributed by atoms with Gasteiger partial charge in [-0.1, -0.05) is 13.8 Å². The summed E-state index contributed by atoms with van der Waals surface area (Å²) >= 11 is 1.47. The van der Waals surface area contributed by atoms with Gasteiger partial charge in [0, 0.05) is 32.6 Å². The van der Waals surface area contributed by atoms with Gasteiger partial charge in [-0.05, 0) is 42.7 Å². The number of hydrogen-bond donors (Lipinski definition) is 1. The van der Waals surface area contributed by atoms with Gasteiger partial charge in [0.15, 0.2) is 10.2 Å². The molecule has 0 bridgehead atoms. The third-order valence-corrected chi connectivity index (χ3v) is 6.29. The van der Waals surface area contributed by atoms with Crippen molar-refractivity contribution in [1.82, 2.24) is 29.4 Å². The normalized spacial score (nSPS) is 15.6. The molecule has 0 saturated carbocycles. The van der Waals surface area contributed by atoms with E-state index in [-0.39, 0.29) is 5.91 Å². The Hall–Kier alpha value is -2.59. The Kier molecular flexibility index (Phi) is 6.77. The molecule has 0 radical (unpaired) electrons. The van der Waals surface area contributed by atoms with Crippen molar-refractivity contribution in [2.24, 2.45) is 13.0 Å². The number of piperidine rings is 1. The zero-order valence-electron chi connectivity index (χ0n) is 18.2. The SMILES string of the molecule is CC(C)CC(=O)Nc1ccnn1C1CCN(Cc2ccc(Sc3nncn3C)o2)CC1. The molecular formula is C21H29N7O2S. The van der Waals surface area contributed by atoms with Crippen LogP contribution in [-0.2, 0) is 18.4 Å². The number of carbonyl (C=O) groups excluding carboxylic acids is 1. The lowest BCUT2D eigenvalue weighted by Gasteiger charge is -2.32. The molecule has 3 aromatic rings. The molecule has 31 heavy (non-hydrogen) atoms. The first-order chi connectivity index (χ1) is 15.0. The van der Waals surface area contributed by atoms with E-state index in [2.05, 4.69) is 25.5 Å². The number of nitrogens with one attached hydrogen (secondary N) is 1. The minimum atomic E-state index is 0.0435. The van der Waals surface area contributed by atoms with Crippen LogP contribution in [0.5, 0.6) is 0 Å². The van der Waals surface area contributed by atoms with Crippen molar-refractivity contribution in [3.8, 4) is 0 Å². The fraction of sp³-hybridized carbons (Fsp3) is 0.524. The Morgan fingerprint density at radius 3 is 2.81 bits per heavy atom. The van der Waals surface area contributed by atoms with Gasteiger partial charge in [-0.2, -0.15) is 5.10 Å². The Morgan fingerprint density at radius 1 is 1.29 bits per heavy atom. The topological polar surface area (TPSA) is 94.0 Å². The zero-order chi connectivity index (χ0) is 21.8. The molecule has 10 heteroatoms. The number of furan rings is 1. The number of aromatic nitrogens is 5. The van der Waals surface area contributed by atoms with Crippen molar-refractivity contribution in [1.29, 1.82) is 0 Å². The number of rotatable bonds is 8. The molecule has 1 fully saturated rings. The number of aryl methyl sites for hydroxylation is 1. The maximum atomic E-state index is 12.2. The molecule has 4 heterocycles. The van der Waals surface area contributed by atoms with Crippen LogP contribution in [0.15, 0.2) is 45.4 Å². The first kappa shape index (κ1) is 21.6. The first-order valence-electron chi connectivity index (χ1n) is 10.6. The van der Waals surface area contributed by atoms with Gasteiger partial charge in [-0.3, -0.25) is 9.69 Å². The minimum Gasteiger partial charge on any atom is -0.453 e. The van der Waals surface area contributed by atoms with Gasteiger partial charge in [0.2, 0.25) is 5.91 Å². The maximum absolute atomic E-state index is 12.2. The molecule has 166 valence electrons. The Bertz CT molecular complexity index is 1000. The average molecular weight is 444 g/mol. The molecule has 0 aromatic carbocycles. The molecule has 0 unspecified atom stereocenters. The lowest BCUT2D eigenvalue weighted by molar-refractivity contribution is -0.116. The summed E-state index contributed by atoms with van der Waals surface area (Å²) in [4.78, 5) is 14.5. The summed E-state index contributed by atoms with van der Waals surface area (Å²) < 4.78 is 9.82. The molecule has 0 spiro atoms. The van der Waals surface area contributed by atoms with Crippen molar-refractivity contribution in [2.45, 2.75) is 55.9 Å². The van der Waals surface area contributed by atoms with Crippen molar-refractivity contribution in [3.63, 3.8) is 0 Å². The van der Waals surface area contributed by atoms with Gasteiger partial charge >= 0.3 is 0 Å². The second-order valence-corrected chi connectivity index (χ2v) is 9.33. The summed E-state index contributed by atoms with van der Waals surface area (Å²) in [6.45, 7) is 6.78. The van der Waals surface area contributed by atoms with E-state index in [0.717, 1.165) is 54.3 Å². The van der Waals surface area contributed by atoms with E-state index in [1.807, 2.05) is 48.3 Å². The Labute approximate surface area is 186 Å². The van der Waals surface area contributed by atoms with Crippen LogP contribution in [0.3, 0.4) is 0 Å². The van der Waals surface area contributed by atoms with Crippen LogP contribution in [0, 0.1) is 5.92 Å². The molecule has 1 N–H and O–H groups in total. The molecule has 0 aliphatic carbocycles. The van der Waals surface area contributed by atoms with E-state index in [1.54, 1.807) is 12.5 Å². The largest absolute Gasteiger partial charge is 0.453 e. The quantitative estimate of drug-likeness (QED) is 0.569. The molecule has 1 aliphatic heterocycles. The highest BCUT2D eigenvalue weighted by Crippen LogP contribution is 2.29. The third kappa shape index (κ3) is 5.56. The Morgan fingerprint density at radius 2 is 2.10 bits per heavy atom. The first-order valence-corrected chi connectivity index (χ1v) is 11.5. The van der Waals surface area contributed by atoms with E-state index >= 15 is 0 Å². The molecule has 0 atom stereocenters. The lowest BCUT2D eigenvalue weighted by atomic mass is 10.1. The maximum Gasteiger partial charge on any atom is 0.225 e. The average Bonchev–Trinajstić information content (AvgIpc) is 3.45. The summed E-state index contributed by atoms with van der Waals surface area (Å²) in [5.74, 6) is 2.12. The Balaban J connectivity index is 1.29. The molecule has 1 saturated heterocycles. The van der Waals surface area contributed by atoms with Crippen molar-refractivity contribution >= 4 is 23.5 Å². The van der Waals surface area contributed by atoms with Gasteiger partial charge < -0.3 is 14.3 Å². The monoisotopic (exact) mass is 443 g/mol. The predicted octanol–water partition coefficient (Wildman–Crippen LogP) is 3.58. The fourth-order valence-corrected chi connectivity index (χ4v) is 4.51. The van der Waals surface area contributed by atoms with E-state index in [0.29, 0.717) is 18.4 Å². The van der Waals surface area contributed by atoms with E-state index in [4.69, 9.17) is 4.42 Å².